The van der Waals surface area contributed by atoms with E-state index in [1.807, 2.05) is 6.92 Å². The first-order valence-corrected chi connectivity index (χ1v) is 6.89. The topological polar surface area (TPSA) is 64.3 Å². The quantitative estimate of drug-likeness (QED) is 0.834. The van der Waals surface area contributed by atoms with Crippen LogP contribution in [0.3, 0.4) is 0 Å². The Bertz CT molecular complexity index is 702. The summed E-state index contributed by atoms with van der Waals surface area (Å²) in [5, 5.41) is 3.46. The van der Waals surface area contributed by atoms with E-state index in [1.54, 1.807) is 30.3 Å². The van der Waals surface area contributed by atoms with Gasteiger partial charge in [0, 0.05) is 11.8 Å². The maximum absolute atomic E-state index is 12.3. The average Bonchev–Trinajstić information content (AvgIpc) is 2.47. The molecule has 0 aliphatic carbocycles. The summed E-state index contributed by atoms with van der Waals surface area (Å²) in [6.45, 7) is 1.83. The fraction of sp³-hybridized carbons (Fsp3) is 0.133. The third kappa shape index (κ3) is 3.23. The minimum atomic E-state index is -0.385. The maximum atomic E-state index is 12.3. The van der Waals surface area contributed by atoms with Crippen molar-refractivity contribution in [3.8, 4) is 5.75 Å². The lowest BCUT2D eigenvalue weighted by Crippen LogP contribution is -2.15. The fourth-order valence-corrected chi connectivity index (χ4v) is 2.29. The van der Waals surface area contributed by atoms with Crippen molar-refractivity contribution in [2.24, 2.45) is 0 Å². The highest BCUT2D eigenvalue weighted by molar-refractivity contribution is 6.40. The number of halogens is 2. The van der Waals surface area contributed by atoms with E-state index in [9.17, 15) is 4.79 Å². The molecule has 3 N–H and O–H groups in total. The van der Waals surface area contributed by atoms with Crippen LogP contribution < -0.4 is 15.8 Å². The molecule has 0 fully saturated rings. The summed E-state index contributed by atoms with van der Waals surface area (Å²) in [7, 11) is 1.53. The second-order valence-corrected chi connectivity index (χ2v) is 5.25. The number of aryl methyl sites for hydroxylation is 1. The first kappa shape index (κ1) is 15.5. The second kappa shape index (κ2) is 6.24. The molecule has 0 aliphatic heterocycles. The van der Waals surface area contributed by atoms with Gasteiger partial charge in [-0.15, -0.1) is 0 Å². The number of nitrogens with one attached hydrogen (secondary N) is 1. The number of ether oxygens (including phenoxy) is 1. The van der Waals surface area contributed by atoms with Gasteiger partial charge in [0.15, 0.2) is 0 Å². The van der Waals surface area contributed by atoms with Crippen LogP contribution in [0.1, 0.15) is 15.9 Å². The van der Waals surface area contributed by atoms with Crippen LogP contribution in [-0.2, 0) is 0 Å². The van der Waals surface area contributed by atoms with Gasteiger partial charge in [-0.25, -0.2) is 0 Å². The zero-order chi connectivity index (χ0) is 15.6. The van der Waals surface area contributed by atoms with E-state index in [0.717, 1.165) is 5.56 Å². The Labute approximate surface area is 132 Å². The number of benzene rings is 2. The third-order valence-electron chi connectivity index (χ3n) is 3.03. The molecule has 0 saturated carbocycles. The van der Waals surface area contributed by atoms with Crippen molar-refractivity contribution in [3.05, 3.63) is 51.5 Å². The van der Waals surface area contributed by atoms with Crippen molar-refractivity contribution in [2.75, 3.05) is 18.2 Å². The molecule has 0 bridgehead atoms. The molecular formula is C15H14Cl2N2O2. The summed E-state index contributed by atoms with van der Waals surface area (Å²) in [4.78, 5) is 12.3. The van der Waals surface area contributed by atoms with Crippen LogP contribution >= 0.6 is 23.2 Å². The minimum Gasteiger partial charge on any atom is -0.497 e. The Morgan fingerprint density at radius 1 is 1.24 bits per heavy atom. The van der Waals surface area contributed by atoms with Crippen molar-refractivity contribution < 1.29 is 9.53 Å². The molecule has 2 aromatic carbocycles. The Morgan fingerprint density at radius 3 is 2.57 bits per heavy atom. The van der Waals surface area contributed by atoms with Crippen LogP contribution in [0.4, 0.5) is 11.4 Å². The molecule has 0 atom stereocenters. The number of nitrogen functional groups attached to an aromatic ring is 1. The number of hydrogen-bond donors (Lipinski definition) is 2. The van der Waals surface area contributed by atoms with E-state index >= 15 is 0 Å². The first-order valence-electron chi connectivity index (χ1n) is 6.13. The number of rotatable bonds is 3. The van der Waals surface area contributed by atoms with E-state index in [4.69, 9.17) is 33.7 Å². The standard InChI is InChI=1S/C15H14Cl2N2O2/c1-8-3-6-11(16)14(13(8)17)19-15(20)10-5-4-9(21-2)7-12(10)18/h3-7H,18H2,1-2H3,(H,19,20). The highest BCUT2D eigenvalue weighted by Crippen LogP contribution is 2.33. The predicted molar refractivity (Wildman–Crippen MR) is 86.6 cm³/mol. The molecule has 0 unspecified atom stereocenters. The molecule has 0 heterocycles. The number of anilines is 2. The number of hydrogen-bond acceptors (Lipinski definition) is 3. The molecule has 0 aromatic heterocycles. The molecule has 0 radical (unpaired) electrons. The number of methoxy groups -OCH3 is 1. The van der Waals surface area contributed by atoms with Crippen LogP contribution in [-0.4, -0.2) is 13.0 Å². The lowest BCUT2D eigenvalue weighted by atomic mass is 10.1. The molecular weight excluding hydrogens is 311 g/mol. The molecule has 110 valence electrons. The van der Waals surface area contributed by atoms with Crippen molar-refractivity contribution in [1.29, 1.82) is 0 Å². The minimum absolute atomic E-state index is 0.312. The summed E-state index contributed by atoms with van der Waals surface area (Å²) in [5.74, 6) is 0.195. The molecule has 2 rings (SSSR count). The molecule has 0 saturated heterocycles. The zero-order valence-corrected chi connectivity index (χ0v) is 13.0. The normalized spacial score (nSPS) is 10.3. The fourth-order valence-electron chi connectivity index (χ4n) is 1.83. The van der Waals surface area contributed by atoms with Crippen LogP contribution in [0.25, 0.3) is 0 Å². The summed E-state index contributed by atoms with van der Waals surface area (Å²) in [6.07, 6.45) is 0. The summed E-state index contributed by atoms with van der Waals surface area (Å²) in [5.41, 5.74) is 7.68. The van der Waals surface area contributed by atoms with Crippen molar-refractivity contribution in [3.63, 3.8) is 0 Å². The Morgan fingerprint density at radius 2 is 1.95 bits per heavy atom. The van der Waals surface area contributed by atoms with Gasteiger partial charge >= 0.3 is 0 Å². The van der Waals surface area contributed by atoms with Crippen molar-refractivity contribution in [2.45, 2.75) is 6.92 Å². The van der Waals surface area contributed by atoms with Gasteiger partial charge in [0.25, 0.3) is 5.91 Å². The Kier molecular flexibility index (Phi) is 4.60. The average molecular weight is 325 g/mol. The number of carbonyl (C=O) groups is 1. The van der Waals surface area contributed by atoms with Crippen LogP contribution in [0.2, 0.25) is 10.0 Å². The van der Waals surface area contributed by atoms with Gasteiger partial charge in [-0.3, -0.25) is 4.79 Å². The molecule has 2 aromatic rings. The number of nitrogens with two attached hydrogens (primary N) is 1. The van der Waals surface area contributed by atoms with E-state index in [2.05, 4.69) is 5.32 Å². The highest BCUT2D eigenvalue weighted by Gasteiger charge is 2.15. The van der Waals surface area contributed by atoms with E-state index in [-0.39, 0.29) is 5.91 Å². The van der Waals surface area contributed by atoms with Crippen LogP contribution in [0.15, 0.2) is 30.3 Å². The Balaban J connectivity index is 2.33. The predicted octanol–water partition coefficient (Wildman–Crippen LogP) is 4.14. The van der Waals surface area contributed by atoms with Gasteiger partial charge in [0.05, 0.1) is 28.4 Å². The smallest absolute Gasteiger partial charge is 0.257 e. The third-order valence-corrected chi connectivity index (χ3v) is 3.83. The monoisotopic (exact) mass is 324 g/mol. The van der Waals surface area contributed by atoms with E-state index in [0.29, 0.717) is 32.7 Å². The summed E-state index contributed by atoms with van der Waals surface area (Å²) in [6, 6.07) is 8.28. The number of amides is 1. The lowest BCUT2D eigenvalue weighted by molar-refractivity contribution is 0.102. The van der Waals surface area contributed by atoms with Gasteiger partial charge < -0.3 is 15.8 Å². The van der Waals surface area contributed by atoms with Gasteiger partial charge in [-0.2, -0.15) is 0 Å². The SMILES string of the molecule is COc1ccc(C(=O)Nc2c(Cl)ccc(C)c2Cl)c(N)c1. The molecule has 1 amide bonds. The van der Waals surface area contributed by atoms with Crippen LogP contribution in [0.5, 0.6) is 5.75 Å². The highest BCUT2D eigenvalue weighted by atomic mass is 35.5. The molecule has 21 heavy (non-hydrogen) atoms. The first-order chi connectivity index (χ1) is 9.93. The Hall–Kier alpha value is -1.91. The molecule has 0 spiro atoms. The van der Waals surface area contributed by atoms with Gasteiger partial charge in [0.1, 0.15) is 5.75 Å². The van der Waals surface area contributed by atoms with Gasteiger partial charge in [0.2, 0.25) is 0 Å². The number of carbonyl (C=O) groups excluding carboxylic acids is 1. The maximum Gasteiger partial charge on any atom is 0.257 e. The van der Waals surface area contributed by atoms with Crippen molar-refractivity contribution >= 4 is 40.5 Å². The van der Waals surface area contributed by atoms with E-state index < -0.39 is 0 Å². The van der Waals surface area contributed by atoms with Crippen LogP contribution in [0, 0.1) is 6.92 Å². The van der Waals surface area contributed by atoms with E-state index in [1.165, 1.54) is 7.11 Å². The molecule has 6 heteroatoms. The van der Waals surface area contributed by atoms with Crippen molar-refractivity contribution in [1.82, 2.24) is 0 Å². The second-order valence-electron chi connectivity index (χ2n) is 4.46. The summed E-state index contributed by atoms with van der Waals surface area (Å²) >= 11 is 12.2. The molecule has 0 aliphatic rings. The zero-order valence-electron chi connectivity index (χ0n) is 11.5. The summed E-state index contributed by atoms with van der Waals surface area (Å²) < 4.78 is 5.05. The molecule has 4 nitrogen and oxygen atoms in total. The lowest BCUT2D eigenvalue weighted by Gasteiger charge is -2.12. The van der Waals surface area contributed by atoms with Gasteiger partial charge in [-0.1, -0.05) is 29.3 Å². The largest absolute Gasteiger partial charge is 0.497 e. The van der Waals surface area contributed by atoms with Gasteiger partial charge in [-0.05, 0) is 30.7 Å².